The molecule has 0 saturated heterocycles. The van der Waals surface area contributed by atoms with Gasteiger partial charge in [-0.2, -0.15) is 5.26 Å². The van der Waals surface area contributed by atoms with Gasteiger partial charge in [-0.1, -0.05) is 19.8 Å². The van der Waals surface area contributed by atoms with Crippen LogP contribution in [0.5, 0.6) is 0 Å². The Labute approximate surface area is 108 Å². The summed E-state index contributed by atoms with van der Waals surface area (Å²) in [6, 6.07) is 8.75. The third kappa shape index (κ3) is 4.10. The maximum Gasteiger partial charge on any atom is 0.328 e. The molecule has 96 valence electrons. The largest absolute Gasteiger partial charge is 0.467 e. The van der Waals surface area contributed by atoms with Crippen LogP contribution in [0.4, 0.5) is 5.69 Å². The number of unbranched alkanes of at least 4 members (excludes halogenated alkanes) is 1. The fourth-order valence-corrected chi connectivity index (χ4v) is 1.64. The third-order valence-electron chi connectivity index (χ3n) is 2.69. The molecule has 1 N–H and O–H groups in total. The van der Waals surface area contributed by atoms with Gasteiger partial charge in [0, 0.05) is 5.69 Å². The number of nitrogens with zero attached hydrogens (tertiary/aromatic N) is 1. The summed E-state index contributed by atoms with van der Waals surface area (Å²) < 4.78 is 4.77. The van der Waals surface area contributed by atoms with E-state index in [-0.39, 0.29) is 12.0 Å². The van der Waals surface area contributed by atoms with Crippen LogP contribution in [0.3, 0.4) is 0 Å². The molecule has 1 atom stereocenters. The highest BCUT2D eigenvalue weighted by Gasteiger charge is 2.17. The molecule has 0 fully saturated rings. The van der Waals surface area contributed by atoms with Gasteiger partial charge >= 0.3 is 5.97 Å². The molecule has 18 heavy (non-hydrogen) atoms. The average molecular weight is 246 g/mol. The molecule has 4 nitrogen and oxygen atoms in total. The number of carbonyl (C=O) groups excluding carboxylic acids is 1. The van der Waals surface area contributed by atoms with E-state index in [1.54, 1.807) is 24.3 Å². The monoisotopic (exact) mass is 246 g/mol. The smallest absolute Gasteiger partial charge is 0.328 e. The Bertz CT molecular complexity index is 420. The Hall–Kier alpha value is -2.02. The van der Waals surface area contributed by atoms with E-state index in [0.717, 1.165) is 24.9 Å². The van der Waals surface area contributed by atoms with Gasteiger partial charge in [-0.3, -0.25) is 0 Å². The molecule has 4 heteroatoms. The van der Waals surface area contributed by atoms with Crippen molar-refractivity contribution in [1.82, 2.24) is 0 Å². The summed E-state index contributed by atoms with van der Waals surface area (Å²) in [7, 11) is 1.39. The standard InChI is InChI=1S/C14H18N2O2/c1-3-4-5-13(14(17)18-2)16-12-8-6-11(10-15)7-9-12/h6-9,13,16H,3-5H2,1-2H3. The molecule has 1 aromatic carbocycles. The van der Waals surface area contributed by atoms with Crippen LogP contribution in [0.15, 0.2) is 24.3 Å². The Morgan fingerprint density at radius 2 is 2.11 bits per heavy atom. The van der Waals surface area contributed by atoms with Crippen molar-refractivity contribution in [2.75, 3.05) is 12.4 Å². The Kier molecular flexibility index (Phi) is 5.72. The first-order valence-corrected chi connectivity index (χ1v) is 6.05. The summed E-state index contributed by atoms with van der Waals surface area (Å²) in [6.45, 7) is 2.08. The summed E-state index contributed by atoms with van der Waals surface area (Å²) in [6.07, 6.45) is 2.73. The van der Waals surface area contributed by atoms with Crippen LogP contribution in [-0.4, -0.2) is 19.1 Å². The Balaban J connectivity index is 2.69. The van der Waals surface area contributed by atoms with Gasteiger partial charge in [0.25, 0.3) is 0 Å². The van der Waals surface area contributed by atoms with Crippen molar-refractivity contribution < 1.29 is 9.53 Å². The topological polar surface area (TPSA) is 62.1 Å². The van der Waals surface area contributed by atoms with Gasteiger partial charge in [-0.05, 0) is 30.7 Å². The fourth-order valence-electron chi connectivity index (χ4n) is 1.64. The molecule has 0 aliphatic carbocycles. The van der Waals surface area contributed by atoms with Crippen molar-refractivity contribution in [3.05, 3.63) is 29.8 Å². The molecular weight excluding hydrogens is 228 g/mol. The minimum Gasteiger partial charge on any atom is -0.467 e. The first kappa shape index (κ1) is 14.0. The van der Waals surface area contributed by atoms with Crippen LogP contribution in [-0.2, 0) is 9.53 Å². The van der Waals surface area contributed by atoms with Gasteiger partial charge in [0.05, 0.1) is 18.7 Å². The molecule has 0 aliphatic rings. The fraction of sp³-hybridized carbons (Fsp3) is 0.429. The average Bonchev–Trinajstić information content (AvgIpc) is 2.43. The number of esters is 1. The lowest BCUT2D eigenvalue weighted by Gasteiger charge is -2.17. The summed E-state index contributed by atoms with van der Waals surface area (Å²) in [5, 5.41) is 11.8. The lowest BCUT2D eigenvalue weighted by atomic mass is 10.1. The van der Waals surface area contributed by atoms with Crippen LogP contribution in [0.2, 0.25) is 0 Å². The SMILES string of the molecule is CCCCC(Nc1ccc(C#N)cc1)C(=O)OC. The zero-order valence-electron chi connectivity index (χ0n) is 10.8. The minimum absolute atomic E-state index is 0.257. The zero-order valence-corrected chi connectivity index (χ0v) is 10.8. The molecule has 0 bridgehead atoms. The van der Waals surface area contributed by atoms with Gasteiger partial charge in [0.2, 0.25) is 0 Å². The van der Waals surface area contributed by atoms with Crippen molar-refractivity contribution >= 4 is 11.7 Å². The number of hydrogen-bond acceptors (Lipinski definition) is 4. The number of rotatable bonds is 6. The number of carbonyl (C=O) groups is 1. The molecular formula is C14H18N2O2. The zero-order chi connectivity index (χ0) is 13.4. The molecule has 0 saturated carbocycles. The Morgan fingerprint density at radius 3 is 2.61 bits per heavy atom. The number of nitrogens with one attached hydrogen (secondary N) is 1. The van der Waals surface area contributed by atoms with Gasteiger partial charge < -0.3 is 10.1 Å². The van der Waals surface area contributed by atoms with Crippen molar-refractivity contribution in [3.8, 4) is 6.07 Å². The summed E-state index contributed by atoms with van der Waals surface area (Å²) in [5.41, 5.74) is 1.42. The second-order valence-electron chi connectivity index (χ2n) is 4.05. The van der Waals surface area contributed by atoms with E-state index in [2.05, 4.69) is 18.3 Å². The number of ether oxygens (including phenoxy) is 1. The molecule has 0 heterocycles. The maximum atomic E-state index is 11.6. The molecule has 0 aromatic heterocycles. The number of hydrogen-bond donors (Lipinski definition) is 1. The van der Waals surface area contributed by atoms with Gasteiger partial charge in [-0.15, -0.1) is 0 Å². The van der Waals surface area contributed by atoms with Crippen LogP contribution in [0.25, 0.3) is 0 Å². The molecule has 1 aromatic rings. The van der Waals surface area contributed by atoms with Crippen molar-refractivity contribution in [1.29, 1.82) is 5.26 Å². The lowest BCUT2D eigenvalue weighted by molar-refractivity contribution is -0.141. The molecule has 0 spiro atoms. The highest BCUT2D eigenvalue weighted by Crippen LogP contribution is 2.13. The second-order valence-corrected chi connectivity index (χ2v) is 4.05. The van der Waals surface area contributed by atoms with E-state index < -0.39 is 0 Å². The van der Waals surface area contributed by atoms with Gasteiger partial charge in [-0.25, -0.2) is 4.79 Å². The number of benzene rings is 1. The van der Waals surface area contributed by atoms with E-state index in [4.69, 9.17) is 10.00 Å². The molecule has 1 rings (SSSR count). The van der Waals surface area contributed by atoms with E-state index in [1.807, 2.05) is 0 Å². The quantitative estimate of drug-likeness (QED) is 0.784. The normalized spacial score (nSPS) is 11.4. The van der Waals surface area contributed by atoms with Crippen molar-refractivity contribution in [2.45, 2.75) is 32.2 Å². The Morgan fingerprint density at radius 1 is 1.44 bits per heavy atom. The van der Waals surface area contributed by atoms with Crippen molar-refractivity contribution in [2.24, 2.45) is 0 Å². The highest BCUT2D eigenvalue weighted by molar-refractivity contribution is 5.79. The molecule has 0 aliphatic heterocycles. The van der Waals surface area contributed by atoms with E-state index in [9.17, 15) is 4.79 Å². The summed E-state index contributed by atoms with van der Waals surface area (Å²) in [5.74, 6) is -0.257. The van der Waals surface area contributed by atoms with Crippen LogP contribution >= 0.6 is 0 Å². The predicted molar refractivity (Wildman–Crippen MR) is 70.1 cm³/mol. The maximum absolute atomic E-state index is 11.6. The lowest BCUT2D eigenvalue weighted by Crippen LogP contribution is -2.30. The van der Waals surface area contributed by atoms with E-state index >= 15 is 0 Å². The molecule has 1 unspecified atom stereocenters. The first-order valence-electron chi connectivity index (χ1n) is 6.05. The van der Waals surface area contributed by atoms with Gasteiger partial charge in [0.15, 0.2) is 0 Å². The van der Waals surface area contributed by atoms with Crippen LogP contribution < -0.4 is 5.32 Å². The predicted octanol–water partition coefficient (Wildman–Crippen LogP) is 2.70. The van der Waals surface area contributed by atoms with Crippen LogP contribution in [0, 0.1) is 11.3 Å². The highest BCUT2D eigenvalue weighted by atomic mass is 16.5. The van der Waals surface area contributed by atoms with Gasteiger partial charge in [0.1, 0.15) is 6.04 Å². The van der Waals surface area contributed by atoms with E-state index in [1.165, 1.54) is 7.11 Å². The molecule has 0 radical (unpaired) electrons. The van der Waals surface area contributed by atoms with Crippen molar-refractivity contribution in [3.63, 3.8) is 0 Å². The van der Waals surface area contributed by atoms with E-state index in [0.29, 0.717) is 5.56 Å². The number of nitriles is 1. The third-order valence-corrected chi connectivity index (χ3v) is 2.69. The first-order chi connectivity index (χ1) is 8.71. The minimum atomic E-state index is -0.331. The van der Waals surface area contributed by atoms with Crippen LogP contribution in [0.1, 0.15) is 31.7 Å². The summed E-state index contributed by atoms with van der Waals surface area (Å²) >= 11 is 0. The molecule has 0 amide bonds. The number of methoxy groups -OCH3 is 1. The summed E-state index contributed by atoms with van der Waals surface area (Å²) in [4.78, 5) is 11.6. The second kappa shape index (κ2) is 7.33. The number of anilines is 1.